The highest BCUT2D eigenvalue weighted by atomic mass is 16.2. The van der Waals surface area contributed by atoms with Gasteiger partial charge < -0.3 is 4.57 Å². The zero-order valence-electron chi connectivity index (χ0n) is 10.9. The number of fused-ring (bicyclic) bond motifs is 3. The molecule has 0 fully saturated rings. The van der Waals surface area contributed by atoms with Crippen molar-refractivity contribution in [2.75, 3.05) is 0 Å². The molecule has 0 N–H and O–H groups in total. The Morgan fingerprint density at radius 1 is 1.11 bits per heavy atom. The minimum absolute atomic E-state index is 0.314. The lowest BCUT2D eigenvalue weighted by Gasteiger charge is -2.06. The van der Waals surface area contributed by atoms with Crippen molar-refractivity contribution in [2.45, 2.75) is 13.5 Å². The molecule has 0 amide bonds. The van der Waals surface area contributed by atoms with E-state index in [1.54, 1.807) is 7.05 Å². The molecule has 0 aliphatic heterocycles. The van der Waals surface area contributed by atoms with Crippen molar-refractivity contribution in [3.63, 3.8) is 0 Å². The monoisotopic (exact) mass is 259 g/mol. The van der Waals surface area contributed by atoms with Crippen LogP contribution in [0.5, 0.6) is 0 Å². The van der Waals surface area contributed by atoms with E-state index in [-0.39, 0.29) is 5.56 Å². The summed E-state index contributed by atoms with van der Waals surface area (Å²) >= 11 is 0. The van der Waals surface area contributed by atoms with Crippen LogP contribution in [0.1, 0.15) is 6.92 Å². The maximum absolute atomic E-state index is 12.3. The van der Waals surface area contributed by atoms with E-state index in [4.69, 9.17) is 0 Å². The molecule has 3 aromatic heterocycles. The van der Waals surface area contributed by atoms with Gasteiger partial charge in [0.05, 0.1) is 5.39 Å². The first-order valence-corrected chi connectivity index (χ1v) is 5.97. The SMILES string of the molecule is CCn1ccc2c3c(=O)n(C)c(=O)n(C)c3nnc21. The minimum Gasteiger partial charge on any atom is -0.331 e. The van der Waals surface area contributed by atoms with E-state index in [2.05, 4.69) is 10.2 Å². The summed E-state index contributed by atoms with van der Waals surface area (Å²) in [4.78, 5) is 24.1. The first-order valence-electron chi connectivity index (χ1n) is 5.97. The molecule has 19 heavy (non-hydrogen) atoms. The summed E-state index contributed by atoms with van der Waals surface area (Å²) in [6, 6.07) is 1.84. The van der Waals surface area contributed by atoms with Gasteiger partial charge in [0.15, 0.2) is 11.3 Å². The molecule has 0 aliphatic rings. The van der Waals surface area contributed by atoms with Crippen molar-refractivity contribution in [2.24, 2.45) is 14.1 Å². The Kier molecular flexibility index (Phi) is 2.31. The van der Waals surface area contributed by atoms with Gasteiger partial charge >= 0.3 is 5.69 Å². The van der Waals surface area contributed by atoms with E-state index in [0.29, 0.717) is 16.7 Å². The van der Waals surface area contributed by atoms with Crippen molar-refractivity contribution in [3.8, 4) is 0 Å². The number of hydrogen-bond donors (Lipinski definition) is 0. The third kappa shape index (κ3) is 1.38. The zero-order valence-corrected chi connectivity index (χ0v) is 10.9. The van der Waals surface area contributed by atoms with Crippen molar-refractivity contribution >= 4 is 22.1 Å². The fourth-order valence-corrected chi connectivity index (χ4v) is 2.31. The molecule has 98 valence electrons. The predicted molar refractivity (Wildman–Crippen MR) is 71.2 cm³/mol. The number of hydrogen-bond acceptors (Lipinski definition) is 4. The van der Waals surface area contributed by atoms with Crippen molar-refractivity contribution < 1.29 is 0 Å². The lowest BCUT2D eigenvalue weighted by molar-refractivity contribution is 0.703. The molecule has 3 aromatic rings. The Labute approximate surface area is 107 Å². The lowest BCUT2D eigenvalue weighted by atomic mass is 10.2. The first-order chi connectivity index (χ1) is 9.06. The standard InChI is InChI=1S/C12H13N5O2/c1-4-17-6-5-7-8-10(14-13-9(7)17)15(2)12(19)16(3)11(8)18/h5-6H,4H2,1-3H3. The number of rotatable bonds is 1. The number of aromatic nitrogens is 5. The normalized spacial score (nSPS) is 11.5. The van der Waals surface area contributed by atoms with Crippen LogP contribution in [-0.4, -0.2) is 23.9 Å². The van der Waals surface area contributed by atoms with Crippen LogP contribution < -0.4 is 11.2 Å². The minimum atomic E-state index is -0.402. The molecular weight excluding hydrogens is 246 g/mol. The molecule has 0 spiro atoms. The van der Waals surface area contributed by atoms with E-state index < -0.39 is 5.69 Å². The van der Waals surface area contributed by atoms with Crippen LogP contribution in [-0.2, 0) is 20.6 Å². The third-order valence-corrected chi connectivity index (χ3v) is 3.42. The molecule has 7 nitrogen and oxygen atoms in total. The van der Waals surface area contributed by atoms with Crippen molar-refractivity contribution in [3.05, 3.63) is 33.1 Å². The van der Waals surface area contributed by atoms with E-state index in [0.717, 1.165) is 16.5 Å². The van der Waals surface area contributed by atoms with Crippen LogP contribution in [0.4, 0.5) is 0 Å². The van der Waals surface area contributed by atoms with E-state index in [1.165, 1.54) is 11.6 Å². The summed E-state index contributed by atoms with van der Waals surface area (Å²) in [5, 5.41) is 9.31. The fourth-order valence-electron chi connectivity index (χ4n) is 2.31. The van der Waals surface area contributed by atoms with Crippen LogP contribution in [0.25, 0.3) is 22.1 Å². The third-order valence-electron chi connectivity index (χ3n) is 3.42. The summed E-state index contributed by atoms with van der Waals surface area (Å²) in [6.07, 6.45) is 1.86. The maximum Gasteiger partial charge on any atom is 0.332 e. The second-order valence-electron chi connectivity index (χ2n) is 4.44. The molecule has 0 atom stereocenters. The van der Waals surface area contributed by atoms with E-state index in [1.807, 2.05) is 23.8 Å². The van der Waals surface area contributed by atoms with Gasteiger partial charge in [0.25, 0.3) is 5.56 Å². The summed E-state index contributed by atoms with van der Waals surface area (Å²) in [6.45, 7) is 2.74. The molecule has 0 bridgehead atoms. The Balaban J connectivity index is 2.67. The Morgan fingerprint density at radius 2 is 1.79 bits per heavy atom. The van der Waals surface area contributed by atoms with E-state index >= 15 is 0 Å². The highest BCUT2D eigenvalue weighted by molar-refractivity contribution is 6.01. The van der Waals surface area contributed by atoms with Gasteiger partial charge in [-0.15, -0.1) is 10.2 Å². The molecular formula is C12H13N5O2. The van der Waals surface area contributed by atoms with Gasteiger partial charge in [0, 0.05) is 32.2 Å². The molecule has 3 rings (SSSR count). The zero-order chi connectivity index (χ0) is 13.7. The maximum atomic E-state index is 12.3. The van der Waals surface area contributed by atoms with Gasteiger partial charge in [-0.2, -0.15) is 0 Å². The number of nitrogens with zero attached hydrogens (tertiary/aromatic N) is 5. The quantitative estimate of drug-likeness (QED) is 0.616. The van der Waals surface area contributed by atoms with Gasteiger partial charge in [0.1, 0.15) is 0 Å². The lowest BCUT2D eigenvalue weighted by Crippen LogP contribution is -2.37. The first kappa shape index (κ1) is 11.6. The van der Waals surface area contributed by atoms with Gasteiger partial charge in [0.2, 0.25) is 0 Å². The average molecular weight is 259 g/mol. The largest absolute Gasteiger partial charge is 0.332 e. The highest BCUT2D eigenvalue weighted by Crippen LogP contribution is 2.18. The van der Waals surface area contributed by atoms with Crippen LogP contribution in [0.2, 0.25) is 0 Å². The molecule has 0 aliphatic carbocycles. The van der Waals surface area contributed by atoms with Gasteiger partial charge in [-0.25, -0.2) is 4.79 Å². The van der Waals surface area contributed by atoms with Gasteiger partial charge in [-0.3, -0.25) is 13.9 Å². The van der Waals surface area contributed by atoms with Gasteiger partial charge in [-0.05, 0) is 13.0 Å². The van der Waals surface area contributed by atoms with Crippen LogP contribution in [0.3, 0.4) is 0 Å². The Bertz CT molecular complexity index is 916. The Hall–Kier alpha value is -2.44. The second kappa shape index (κ2) is 3.78. The molecule has 7 heteroatoms. The van der Waals surface area contributed by atoms with Crippen molar-refractivity contribution in [1.29, 1.82) is 0 Å². The summed E-state index contributed by atoms with van der Waals surface area (Å²) in [7, 11) is 3.05. The molecule has 0 saturated heterocycles. The van der Waals surface area contributed by atoms with Crippen LogP contribution in [0.15, 0.2) is 21.9 Å². The Morgan fingerprint density at radius 3 is 2.47 bits per heavy atom. The van der Waals surface area contributed by atoms with E-state index in [9.17, 15) is 9.59 Å². The predicted octanol–water partition coefficient (Wildman–Crippen LogP) is 0.00180. The van der Waals surface area contributed by atoms with Crippen LogP contribution in [0, 0.1) is 0 Å². The molecule has 0 aromatic carbocycles. The summed E-state index contributed by atoms with van der Waals surface area (Å²) in [5.41, 5.74) is 0.230. The topological polar surface area (TPSA) is 74.7 Å². The summed E-state index contributed by atoms with van der Waals surface area (Å²) in [5.74, 6) is 0. The highest BCUT2D eigenvalue weighted by Gasteiger charge is 2.15. The number of aryl methyl sites for hydroxylation is 2. The molecule has 0 saturated carbocycles. The molecule has 3 heterocycles. The second-order valence-corrected chi connectivity index (χ2v) is 4.44. The summed E-state index contributed by atoms with van der Waals surface area (Å²) < 4.78 is 4.34. The van der Waals surface area contributed by atoms with Crippen LogP contribution >= 0.6 is 0 Å². The molecule has 0 unspecified atom stereocenters. The smallest absolute Gasteiger partial charge is 0.331 e. The molecule has 0 radical (unpaired) electrons. The van der Waals surface area contributed by atoms with Crippen molar-refractivity contribution in [1.82, 2.24) is 23.9 Å². The average Bonchev–Trinajstić information content (AvgIpc) is 2.84. The fraction of sp³-hybridized carbons (Fsp3) is 0.333. The van der Waals surface area contributed by atoms with Gasteiger partial charge in [-0.1, -0.05) is 0 Å².